The van der Waals surface area contributed by atoms with Gasteiger partial charge in [0.05, 0.1) is 11.6 Å². The average molecular weight is 337 g/mol. The molecule has 0 aliphatic carbocycles. The van der Waals surface area contributed by atoms with Crippen molar-refractivity contribution < 1.29 is 4.79 Å². The highest BCUT2D eigenvalue weighted by Crippen LogP contribution is 2.22. The molecule has 2 rings (SSSR count). The molecule has 0 saturated heterocycles. The summed E-state index contributed by atoms with van der Waals surface area (Å²) in [6.07, 6.45) is 1.60. The molecule has 5 nitrogen and oxygen atoms in total. The second-order valence-electron chi connectivity index (χ2n) is 5.66. The summed E-state index contributed by atoms with van der Waals surface area (Å²) in [5.41, 5.74) is 7.82. The number of fused-ring (bicyclic) bond motifs is 1. The van der Waals surface area contributed by atoms with E-state index < -0.39 is 6.04 Å². The van der Waals surface area contributed by atoms with Gasteiger partial charge in [0.15, 0.2) is 0 Å². The number of carbonyl (C=O) groups excluding carboxylic acids is 1. The van der Waals surface area contributed by atoms with E-state index in [1.165, 1.54) is 0 Å². The molecule has 0 fully saturated rings. The monoisotopic (exact) mass is 336 g/mol. The van der Waals surface area contributed by atoms with E-state index in [-0.39, 0.29) is 18.3 Å². The number of nitrogens with one attached hydrogen (secondary N) is 1. The number of rotatable bonds is 6. The summed E-state index contributed by atoms with van der Waals surface area (Å²) in [6.45, 7) is 2.48. The highest BCUT2D eigenvalue weighted by Gasteiger charge is 2.13. The minimum atomic E-state index is -0.438. The van der Waals surface area contributed by atoms with Crippen LogP contribution in [-0.4, -0.2) is 31.0 Å². The van der Waals surface area contributed by atoms with Crippen LogP contribution in [0.4, 0.5) is 5.82 Å². The van der Waals surface area contributed by atoms with Crippen molar-refractivity contribution in [2.75, 3.05) is 19.0 Å². The van der Waals surface area contributed by atoms with Crippen LogP contribution in [0.3, 0.4) is 0 Å². The number of amides is 1. The second kappa shape index (κ2) is 8.70. The average Bonchev–Trinajstić information content (AvgIpc) is 2.52. The van der Waals surface area contributed by atoms with Crippen molar-refractivity contribution in [1.29, 1.82) is 0 Å². The first-order valence-electron chi connectivity index (χ1n) is 7.62. The van der Waals surface area contributed by atoms with Crippen molar-refractivity contribution in [3.05, 3.63) is 35.9 Å². The molecule has 1 aromatic carbocycles. The van der Waals surface area contributed by atoms with E-state index in [9.17, 15) is 4.79 Å². The van der Waals surface area contributed by atoms with Gasteiger partial charge >= 0.3 is 0 Å². The molecule has 0 saturated carbocycles. The van der Waals surface area contributed by atoms with E-state index in [1.807, 2.05) is 56.3 Å². The van der Waals surface area contributed by atoms with Crippen molar-refractivity contribution in [2.45, 2.75) is 32.4 Å². The van der Waals surface area contributed by atoms with Crippen molar-refractivity contribution >= 4 is 35.0 Å². The highest BCUT2D eigenvalue weighted by molar-refractivity contribution is 5.86. The molecule has 126 valence electrons. The molecule has 0 spiro atoms. The Morgan fingerprint density at radius 1 is 1.35 bits per heavy atom. The Bertz CT molecular complexity index is 660. The molecule has 1 amide bonds. The summed E-state index contributed by atoms with van der Waals surface area (Å²) in [5.74, 6) is 0.773. The number of hydrogen-bond acceptors (Lipinski definition) is 4. The number of carbonyl (C=O) groups is 1. The summed E-state index contributed by atoms with van der Waals surface area (Å²) in [4.78, 5) is 18.6. The normalized spacial score (nSPS) is 11.7. The molecular formula is C17H25ClN4O. The molecule has 2 aromatic rings. The van der Waals surface area contributed by atoms with Crippen molar-refractivity contribution in [1.82, 2.24) is 10.3 Å². The van der Waals surface area contributed by atoms with Crippen LogP contribution in [0.2, 0.25) is 0 Å². The van der Waals surface area contributed by atoms with E-state index >= 15 is 0 Å². The van der Waals surface area contributed by atoms with Gasteiger partial charge in [0.2, 0.25) is 5.91 Å². The topological polar surface area (TPSA) is 71.2 Å². The maximum atomic E-state index is 12.0. The van der Waals surface area contributed by atoms with Crippen molar-refractivity contribution in [3.8, 4) is 0 Å². The van der Waals surface area contributed by atoms with Gasteiger partial charge in [0.1, 0.15) is 5.82 Å². The molecule has 0 bridgehead atoms. The number of pyridine rings is 1. The largest absolute Gasteiger partial charge is 0.363 e. The lowest BCUT2D eigenvalue weighted by Crippen LogP contribution is -2.40. The van der Waals surface area contributed by atoms with Gasteiger partial charge in [0, 0.05) is 26.0 Å². The molecule has 3 N–H and O–H groups in total. The van der Waals surface area contributed by atoms with Crippen LogP contribution in [0.25, 0.3) is 10.9 Å². The van der Waals surface area contributed by atoms with Crippen LogP contribution in [0.5, 0.6) is 0 Å². The van der Waals surface area contributed by atoms with E-state index in [2.05, 4.69) is 10.3 Å². The Kier molecular flexibility index (Phi) is 7.26. The number of para-hydroxylation sites is 1. The fourth-order valence-electron chi connectivity index (χ4n) is 2.36. The molecule has 1 unspecified atom stereocenters. The predicted molar refractivity (Wildman–Crippen MR) is 98.0 cm³/mol. The zero-order chi connectivity index (χ0) is 16.1. The Labute approximate surface area is 143 Å². The van der Waals surface area contributed by atoms with Gasteiger partial charge in [-0.2, -0.15) is 0 Å². The first-order chi connectivity index (χ1) is 10.5. The summed E-state index contributed by atoms with van der Waals surface area (Å²) >= 11 is 0. The summed E-state index contributed by atoms with van der Waals surface area (Å²) < 4.78 is 0. The quantitative estimate of drug-likeness (QED) is 0.850. The molecule has 1 atom stereocenters. The molecule has 0 aliphatic heterocycles. The van der Waals surface area contributed by atoms with Gasteiger partial charge in [-0.3, -0.25) is 4.79 Å². The van der Waals surface area contributed by atoms with Crippen LogP contribution >= 0.6 is 12.4 Å². The van der Waals surface area contributed by atoms with Crippen LogP contribution in [0, 0.1) is 0 Å². The SMILES string of the molecule is CCCC(N)C(=O)NCc1cc(N(C)C)nc2ccccc12.Cl. The fourth-order valence-corrected chi connectivity index (χ4v) is 2.36. The molecule has 1 aromatic heterocycles. The molecular weight excluding hydrogens is 312 g/mol. The summed E-state index contributed by atoms with van der Waals surface area (Å²) in [5, 5.41) is 3.98. The van der Waals surface area contributed by atoms with Crippen LogP contribution in [0.1, 0.15) is 25.3 Å². The minimum Gasteiger partial charge on any atom is -0.363 e. The number of nitrogens with two attached hydrogens (primary N) is 1. The Morgan fingerprint density at radius 3 is 2.70 bits per heavy atom. The predicted octanol–water partition coefficient (Wildman–Crippen LogP) is 2.47. The first-order valence-corrected chi connectivity index (χ1v) is 7.62. The van der Waals surface area contributed by atoms with Gasteiger partial charge in [-0.1, -0.05) is 31.5 Å². The van der Waals surface area contributed by atoms with Crippen LogP contribution in [0.15, 0.2) is 30.3 Å². The maximum absolute atomic E-state index is 12.0. The first kappa shape index (κ1) is 19.2. The number of nitrogens with zero attached hydrogens (tertiary/aromatic N) is 2. The fraction of sp³-hybridized carbons (Fsp3) is 0.412. The van der Waals surface area contributed by atoms with Gasteiger partial charge < -0.3 is 16.0 Å². The zero-order valence-electron chi connectivity index (χ0n) is 13.9. The van der Waals surface area contributed by atoms with Gasteiger partial charge in [0.25, 0.3) is 0 Å². The van der Waals surface area contributed by atoms with Gasteiger partial charge in [-0.25, -0.2) is 4.98 Å². The summed E-state index contributed by atoms with van der Waals surface area (Å²) in [6, 6.07) is 9.52. The lowest BCUT2D eigenvalue weighted by molar-refractivity contribution is -0.122. The number of halogens is 1. The third-order valence-corrected chi connectivity index (χ3v) is 3.64. The number of aromatic nitrogens is 1. The smallest absolute Gasteiger partial charge is 0.237 e. The van der Waals surface area contributed by atoms with Crippen molar-refractivity contribution in [3.63, 3.8) is 0 Å². The van der Waals surface area contributed by atoms with Crippen molar-refractivity contribution in [2.24, 2.45) is 5.73 Å². The number of hydrogen-bond donors (Lipinski definition) is 2. The number of anilines is 1. The van der Waals surface area contributed by atoms with E-state index in [0.29, 0.717) is 13.0 Å². The second-order valence-corrected chi connectivity index (χ2v) is 5.66. The lowest BCUT2D eigenvalue weighted by atomic mass is 10.1. The molecule has 23 heavy (non-hydrogen) atoms. The van der Waals surface area contributed by atoms with Crippen LogP contribution in [-0.2, 0) is 11.3 Å². The molecule has 0 radical (unpaired) electrons. The Balaban J connectivity index is 0.00000264. The molecule has 6 heteroatoms. The van der Waals surface area contributed by atoms with Crippen LogP contribution < -0.4 is 16.0 Å². The van der Waals surface area contributed by atoms with E-state index in [0.717, 1.165) is 28.7 Å². The Morgan fingerprint density at radius 2 is 2.04 bits per heavy atom. The highest BCUT2D eigenvalue weighted by atomic mass is 35.5. The van der Waals surface area contributed by atoms with Gasteiger partial charge in [-0.15, -0.1) is 12.4 Å². The molecule has 1 heterocycles. The lowest BCUT2D eigenvalue weighted by Gasteiger charge is -2.16. The number of benzene rings is 1. The maximum Gasteiger partial charge on any atom is 0.237 e. The van der Waals surface area contributed by atoms with Gasteiger partial charge in [-0.05, 0) is 24.1 Å². The standard InChI is InChI=1S/C17H24N4O.ClH/c1-4-7-14(18)17(22)19-11-12-10-16(21(2)3)20-15-9-6-5-8-13(12)15;/h5-6,8-10,14H,4,7,11,18H2,1-3H3,(H,19,22);1H. The summed E-state index contributed by atoms with van der Waals surface area (Å²) in [7, 11) is 3.91. The van der Waals surface area contributed by atoms with E-state index in [1.54, 1.807) is 0 Å². The van der Waals surface area contributed by atoms with E-state index in [4.69, 9.17) is 5.73 Å². The third-order valence-electron chi connectivity index (χ3n) is 3.64. The minimum absolute atomic E-state index is 0. The molecule has 0 aliphatic rings. The Hall–Kier alpha value is -1.85. The zero-order valence-corrected chi connectivity index (χ0v) is 14.7. The third kappa shape index (κ3) is 4.81.